The number of amides is 1. The van der Waals surface area contributed by atoms with Crippen molar-refractivity contribution in [3.05, 3.63) is 65.2 Å². The predicted octanol–water partition coefficient (Wildman–Crippen LogP) is 2.84. The molecule has 6 nitrogen and oxygen atoms in total. The number of carbonyl (C=O) groups excluding carboxylic acids is 1. The van der Waals surface area contributed by atoms with Crippen LogP contribution in [0.3, 0.4) is 0 Å². The quantitative estimate of drug-likeness (QED) is 0.697. The molecule has 0 saturated heterocycles. The average molecular weight is 376 g/mol. The molecule has 0 radical (unpaired) electrons. The Morgan fingerprint density at radius 1 is 1.12 bits per heavy atom. The van der Waals surface area contributed by atoms with Gasteiger partial charge < -0.3 is 4.90 Å². The summed E-state index contributed by atoms with van der Waals surface area (Å²) in [4.78, 5) is 19.4. The van der Waals surface area contributed by atoms with Crippen LogP contribution in [-0.4, -0.2) is 44.4 Å². The van der Waals surface area contributed by atoms with Crippen molar-refractivity contribution in [2.75, 3.05) is 20.7 Å². The maximum Gasteiger partial charge on any atom is 0.264 e. The van der Waals surface area contributed by atoms with E-state index in [1.807, 2.05) is 38.1 Å². The Bertz CT molecular complexity index is 881. The molecule has 0 aliphatic rings. The van der Waals surface area contributed by atoms with Crippen LogP contribution in [0.4, 0.5) is 0 Å². The van der Waals surface area contributed by atoms with Crippen molar-refractivity contribution in [1.29, 1.82) is 0 Å². The fourth-order valence-corrected chi connectivity index (χ4v) is 3.56. The normalized spacial score (nSPS) is 11.6. The van der Waals surface area contributed by atoms with Gasteiger partial charge in [0.2, 0.25) is 0 Å². The molecule has 0 saturated carbocycles. The Morgan fingerprint density at radius 2 is 1.81 bits per heavy atom. The Kier molecular flexibility index (Phi) is 6.52. The molecular weight excluding hydrogens is 352 g/mol. The summed E-state index contributed by atoms with van der Waals surface area (Å²) >= 11 is 0. The molecule has 0 aromatic heterocycles. The zero-order chi connectivity index (χ0) is 19.3. The molecule has 140 valence electrons. The number of hydrogen-bond acceptors (Lipinski definition) is 4. The van der Waals surface area contributed by atoms with Crippen molar-refractivity contribution in [1.82, 2.24) is 9.37 Å². The topological polar surface area (TPSA) is 66.9 Å². The SMILES string of the molecule is CCN(Cc1ccccc1C)C(=O)c1cccc(S(=O)(=O)N(C)OC)c1. The lowest BCUT2D eigenvalue weighted by molar-refractivity contribution is -0.0258. The standard InChI is InChI=1S/C19H24N2O4S/c1-5-21(14-17-10-7-6-9-15(17)2)19(22)16-11-8-12-18(13-16)26(23,24)20(3)25-4/h6-13H,5,14H2,1-4H3. The Morgan fingerprint density at radius 3 is 2.42 bits per heavy atom. The number of carbonyl (C=O) groups is 1. The van der Waals surface area contributed by atoms with E-state index in [2.05, 4.69) is 0 Å². The number of nitrogens with zero attached hydrogens (tertiary/aromatic N) is 2. The van der Waals surface area contributed by atoms with Gasteiger partial charge in [-0.25, -0.2) is 8.42 Å². The maximum absolute atomic E-state index is 12.9. The fourth-order valence-electron chi connectivity index (χ4n) is 2.54. The minimum Gasteiger partial charge on any atom is -0.335 e. The minimum absolute atomic E-state index is 0.0136. The second-order valence-corrected chi connectivity index (χ2v) is 7.81. The molecule has 1 amide bonds. The lowest BCUT2D eigenvalue weighted by atomic mass is 10.1. The fraction of sp³-hybridized carbons (Fsp3) is 0.316. The molecule has 2 aromatic rings. The van der Waals surface area contributed by atoms with Crippen LogP contribution in [0.2, 0.25) is 0 Å². The number of aryl methyl sites for hydroxylation is 1. The first-order valence-corrected chi connectivity index (χ1v) is 9.72. The molecule has 0 atom stereocenters. The predicted molar refractivity (Wildman–Crippen MR) is 100.0 cm³/mol. The first-order valence-electron chi connectivity index (χ1n) is 8.28. The maximum atomic E-state index is 12.9. The zero-order valence-corrected chi connectivity index (χ0v) is 16.3. The van der Waals surface area contributed by atoms with Gasteiger partial charge in [-0.15, -0.1) is 0 Å². The van der Waals surface area contributed by atoms with E-state index in [1.54, 1.807) is 17.0 Å². The summed E-state index contributed by atoms with van der Waals surface area (Å²) in [6, 6.07) is 13.9. The second-order valence-electron chi connectivity index (χ2n) is 5.87. The van der Waals surface area contributed by atoms with E-state index in [1.165, 1.54) is 26.3 Å². The molecule has 2 rings (SSSR count). The summed E-state index contributed by atoms with van der Waals surface area (Å²) in [6.07, 6.45) is 0. The van der Waals surface area contributed by atoms with E-state index in [9.17, 15) is 13.2 Å². The van der Waals surface area contributed by atoms with E-state index in [0.29, 0.717) is 18.7 Å². The molecule has 26 heavy (non-hydrogen) atoms. The first kappa shape index (κ1) is 20.1. The van der Waals surface area contributed by atoms with Crippen LogP contribution in [0.5, 0.6) is 0 Å². The minimum atomic E-state index is -3.80. The van der Waals surface area contributed by atoms with E-state index in [-0.39, 0.29) is 10.8 Å². The molecular formula is C19H24N2O4S. The van der Waals surface area contributed by atoms with Gasteiger partial charge in [0.15, 0.2) is 0 Å². The largest absolute Gasteiger partial charge is 0.335 e. The number of hydroxylamine groups is 1. The van der Waals surface area contributed by atoms with E-state index >= 15 is 0 Å². The van der Waals surface area contributed by atoms with Gasteiger partial charge in [-0.2, -0.15) is 0 Å². The van der Waals surface area contributed by atoms with Gasteiger partial charge in [-0.3, -0.25) is 9.63 Å². The average Bonchev–Trinajstić information content (AvgIpc) is 2.66. The zero-order valence-electron chi connectivity index (χ0n) is 15.5. The van der Waals surface area contributed by atoms with Crippen molar-refractivity contribution in [3.63, 3.8) is 0 Å². The summed E-state index contributed by atoms with van der Waals surface area (Å²) in [7, 11) is -1.23. The highest BCUT2D eigenvalue weighted by molar-refractivity contribution is 7.89. The van der Waals surface area contributed by atoms with E-state index in [0.717, 1.165) is 15.6 Å². The first-order chi connectivity index (χ1) is 12.3. The van der Waals surface area contributed by atoms with Crippen molar-refractivity contribution in [3.8, 4) is 0 Å². The number of hydrogen-bond donors (Lipinski definition) is 0. The highest BCUT2D eigenvalue weighted by Gasteiger charge is 2.23. The van der Waals surface area contributed by atoms with Crippen LogP contribution in [-0.2, 0) is 21.4 Å². The van der Waals surface area contributed by atoms with Crippen LogP contribution in [0, 0.1) is 6.92 Å². The van der Waals surface area contributed by atoms with Crippen molar-refractivity contribution < 1.29 is 18.0 Å². The monoisotopic (exact) mass is 376 g/mol. The van der Waals surface area contributed by atoms with E-state index in [4.69, 9.17) is 4.84 Å². The highest BCUT2D eigenvalue weighted by atomic mass is 32.2. The van der Waals surface area contributed by atoms with Crippen LogP contribution in [0.25, 0.3) is 0 Å². The number of benzene rings is 2. The van der Waals surface area contributed by atoms with Crippen molar-refractivity contribution in [2.24, 2.45) is 0 Å². The molecule has 0 bridgehead atoms. The third-order valence-corrected chi connectivity index (χ3v) is 5.94. The molecule has 0 aliphatic heterocycles. The summed E-state index contributed by atoms with van der Waals surface area (Å²) in [6.45, 7) is 4.88. The smallest absolute Gasteiger partial charge is 0.264 e. The van der Waals surface area contributed by atoms with Crippen LogP contribution >= 0.6 is 0 Å². The summed E-state index contributed by atoms with van der Waals surface area (Å²) < 4.78 is 25.5. The van der Waals surface area contributed by atoms with Gasteiger partial charge in [0.25, 0.3) is 15.9 Å². The molecule has 0 fully saturated rings. The lowest BCUT2D eigenvalue weighted by Crippen LogP contribution is -2.31. The molecule has 0 N–H and O–H groups in total. The molecule has 0 spiro atoms. The Balaban J connectivity index is 2.31. The van der Waals surface area contributed by atoms with E-state index < -0.39 is 10.0 Å². The number of rotatable bonds is 7. The van der Waals surface area contributed by atoms with Crippen molar-refractivity contribution >= 4 is 15.9 Å². The number of sulfonamides is 1. The summed E-state index contributed by atoms with van der Waals surface area (Å²) in [5.41, 5.74) is 2.49. The van der Waals surface area contributed by atoms with Gasteiger partial charge in [0.1, 0.15) is 0 Å². The van der Waals surface area contributed by atoms with Gasteiger partial charge in [-0.1, -0.05) is 34.8 Å². The van der Waals surface area contributed by atoms with Crippen LogP contribution in [0.15, 0.2) is 53.4 Å². The Labute approximate surface area is 155 Å². The van der Waals surface area contributed by atoms with Gasteiger partial charge in [0, 0.05) is 25.7 Å². The lowest BCUT2D eigenvalue weighted by Gasteiger charge is -2.22. The molecule has 7 heteroatoms. The third-order valence-electron chi connectivity index (χ3n) is 4.27. The van der Waals surface area contributed by atoms with Crippen LogP contribution < -0.4 is 0 Å². The second kappa shape index (κ2) is 8.44. The van der Waals surface area contributed by atoms with Crippen LogP contribution in [0.1, 0.15) is 28.4 Å². The summed E-state index contributed by atoms with van der Waals surface area (Å²) in [5.74, 6) is -0.215. The highest BCUT2D eigenvalue weighted by Crippen LogP contribution is 2.18. The molecule has 2 aromatic carbocycles. The third kappa shape index (κ3) is 4.30. The van der Waals surface area contributed by atoms with Gasteiger partial charge >= 0.3 is 0 Å². The molecule has 0 aliphatic carbocycles. The molecule has 0 unspecified atom stereocenters. The Hall–Kier alpha value is -2.22. The van der Waals surface area contributed by atoms with Gasteiger partial charge in [0.05, 0.1) is 12.0 Å². The molecule has 0 heterocycles. The summed E-state index contributed by atoms with van der Waals surface area (Å²) in [5, 5.41) is 0. The van der Waals surface area contributed by atoms with Crippen molar-refractivity contribution in [2.45, 2.75) is 25.3 Å². The van der Waals surface area contributed by atoms with Gasteiger partial charge in [-0.05, 0) is 43.2 Å².